The van der Waals surface area contributed by atoms with Gasteiger partial charge >= 0.3 is 5.97 Å². The minimum atomic E-state index is -0.563. The van der Waals surface area contributed by atoms with Crippen molar-refractivity contribution < 1.29 is 23.9 Å². The summed E-state index contributed by atoms with van der Waals surface area (Å²) in [7, 11) is 0. The monoisotopic (exact) mass is 522 g/mol. The lowest BCUT2D eigenvalue weighted by Crippen LogP contribution is -2.32. The molecule has 2 aromatic rings. The van der Waals surface area contributed by atoms with Crippen molar-refractivity contribution in [2.45, 2.75) is 25.7 Å². The Bertz CT molecular complexity index is 1170. The van der Waals surface area contributed by atoms with Gasteiger partial charge in [0.05, 0.1) is 23.4 Å². The SMILES string of the molecule is O=C(Oc1ccc(N2C(=O)[C@@H]3[C@H]4CC[C@@H](C4)[C@H]3C2=O)cc1)[C@H]1CC(=O)N(c2ccc(Br)cc2)C1. The highest BCUT2D eigenvalue weighted by Gasteiger charge is 2.61. The number of nitrogens with zero attached hydrogens (tertiary/aromatic N) is 2. The Morgan fingerprint density at radius 3 is 2.06 bits per heavy atom. The van der Waals surface area contributed by atoms with Gasteiger partial charge < -0.3 is 9.64 Å². The second kappa shape index (κ2) is 8.05. The van der Waals surface area contributed by atoms with Gasteiger partial charge in [-0.25, -0.2) is 0 Å². The Kier molecular flexibility index (Phi) is 5.09. The third kappa shape index (κ3) is 3.38. The summed E-state index contributed by atoms with van der Waals surface area (Å²) in [5.41, 5.74) is 1.26. The predicted octanol–water partition coefficient (Wildman–Crippen LogP) is 3.94. The first-order valence-electron chi connectivity index (χ1n) is 11.7. The maximum atomic E-state index is 13.0. The Morgan fingerprint density at radius 2 is 1.44 bits per heavy atom. The van der Waals surface area contributed by atoms with Crippen molar-refractivity contribution >= 4 is 51.0 Å². The molecule has 5 atom stereocenters. The second-order valence-electron chi connectivity index (χ2n) is 9.69. The summed E-state index contributed by atoms with van der Waals surface area (Å²) in [4.78, 5) is 54.1. The van der Waals surface area contributed by atoms with E-state index >= 15 is 0 Å². The largest absolute Gasteiger partial charge is 0.426 e. The van der Waals surface area contributed by atoms with Crippen LogP contribution in [0.2, 0.25) is 0 Å². The summed E-state index contributed by atoms with van der Waals surface area (Å²) in [5.74, 6) is -0.686. The first kappa shape index (κ1) is 21.5. The standard InChI is InChI=1S/C26H23BrN2O5/c27-17-3-5-18(6-4-17)28-13-16(12-21(28)30)26(33)34-20-9-7-19(8-10-20)29-24(31)22-14-1-2-15(11-14)23(22)25(29)32/h3-10,14-16,22-23H,1-2,11-13H2/t14-,15-,16-,22+,23+/m0/s1. The molecule has 2 saturated carbocycles. The zero-order chi connectivity index (χ0) is 23.6. The highest BCUT2D eigenvalue weighted by atomic mass is 79.9. The Labute approximate surface area is 205 Å². The van der Waals surface area contributed by atoms with Crippen molar-refractivity contribution in [3.05, 3.63) is 53.0 Å². The number of anilines is 2. The first-order valence-corrected chi connectivity index (χ1v) is 12.5. The molecule has 4 aliphatic rings. The molecule has 0 radical (unpaired) electrons. The summed E-state index contributed by atoms with van der Waals surface area (Å²) < 4.78 is 6.44. The van der Waals surface area contributed by atoms with Crippen LogP contribution in [0.4, 0.5) is 11.4 Å². The zero-order valence-corrected chi connectivity index (χ0v) is 19.9. The summed E-state index contributed by atoms with van der Waals surface area (Å²) in [6.45, 7) is 0.263. The van der Waals surface area contributed by atoms with E-state index in [9.17, 15) is 19.2 Å². The molecule has 8 heteroatoms. The molecule has 0 N–H and O–H groups in total. The van der Waals surface area contributed by atoms with E-state index in [1.807, 2.05) is 24.3 Å². The Balaban J connectivity index is 1.12. The number of carbonyl (C=O) groups excluding carboxylic acids is 4. The molecule has 2 saturated heterocycles. The predicted molar refractivity (Wildman–Crippen MR) is 127 cm³/mol. The van der Waals surface area contributed by atoms with Crippen LogP contribution in [0.15, 0.2) is 53.0 Å². The number of hydrogen-bond donors (Lipinski definition) is 0. The second-order valence-corrected chi connectivity index (χ2v) is 10.6. The number of halogens is 1. The molecule has 2 aliphatic heterocycles. The van der Waals surface area contributed by atoms with Crippen molar-refractivity contribution in [2.75, 3.05) is 16.3 Å². The minimum absolute atomic E-state index is 0.0921. The van der Waals surface area contributed by atoms with Crippen LogP contribution < -0.4 is 14.5 Å². The topological polar surface area (TPSA) is 84.0 Å². The number of carbonyl (C=O) groups is 4. The molecular weight excluding hydrogens is 500 g/mol. The smallest absolute Gasteiger partial charge is 0.316 e. The van der Waals surface area contributed by atoms with Gasteiger partial charge in [-0.2, -0.15) is 0 Å². The molecule has 3 amide bonds. The lowest BCUT2D eigenvalue weighted by Gasteiger charge is -2.19. The van der Waals surface area contributed by atoms with Crippen LogP contribution in [0.25, 0.3) is 0 Å². The Hall–Kier alpha value is -3.00. The molecule has 2 bridgehead atoms. The highest BCUT2D eigenvalue weighted by Crippen LogP contribution is 2.56. The maximum absolute atomic E-state index is 13.0. The number of fused-ring (bicyclic) bond motifs is 5. The van der Waals surface area contributed by atoms with Crippen LogP contribution >= 0.6 is 15.9 Å². The quantitative estimate of drug-likeness (QED) is 0.345. The van der Waals surface area contributed by atoms with E-state index in [1.54, 1.807) is 29.2 Å². The molecule has 0 unspecified atom stereocenters. The van der Waals surface area contributed by atoms with Gasteiger partial charge in [0.25, 0.3) is 0 Å². The zero-order valence-electron chi connectivity index (χ0n) is 18.4. The summed E-state index contributed by atoms with van der Waals surface area (Å²) in [5, 5.41) is 0. The third-order valence-corrected chi connectivity index (χ3v) is 8.37. The third-order valence-electron chi connectivity index (χ3n) is 7.84. The van der Waals surface area contributed by atoms with Crippen LogP contribution in [0.1, 0.15) is 25.7 Å². The number of amides is 3. The molecular formula is C26H23BrN2O5. The van der Waals surface area contributed by atoms with Gasteiger partial charge in [-0.05, 0) is 79.6 Å². The van der Waals surface area contributed by atoms with Gasteiger partial charge in [0, 0.05) is 23.1 Å². The normalized spacial score (nSPS) is 29.8. The molecule has 7 nitrogen and oxygen atoms in total. The number of benzene rings is 2. The van der Waals surface area contributed by atoms with E-state index in [-0.39, 0.29) is 42.5 Å². The molecule has 4 fully saturated rings. The van der Waals surface area contributed by atoms with Gasteiger partial charge in [-0.3, -0.25) is 24.1 Å². The van der Waals surface area contributed by atoms with Gasteiger partial charge in [-0.1, -0.05) is 15.9 Å². The fraction of sp³-hybridized carbons (Fsp3) is 0.385. The number of ether oxygens (including phenoxy) is 1. The maximum Gasteiger partial charge on any atom is 0.316 e. The molecule has 174 valence electrons. The van der Waals surface area contributed by atoms with E-state index in [0.29, 0.717) is 23.3 Å². The molecule has 0 aromatic heterocycles. The van der Waals surface area contributed by atoms with Gasteiger partial charge in [-0.15, -0.1) is 0 Å². The van der Waals surface area contributed by atoms with E-state index in [0.717, 1.165) is 29.4 Å². The average Bonchev–Trinajstić information content (AvgIpc) is 3.59. The van der Waals surface area contributed by atoms with Gasteiger partial charge in [0.15, 0.2) is 0 Å². The Morgan fingerprint density at radius 1 is 0.853 bits per heavy atom. The number of rotatable bonds is 4. The van der Waals surface area contributed by atoms with Crippen molar-refractivity contribution in [1.29, 1.82) is 0 Å². The van der Waals surface area contributed by atoms with Crippen LogP contribution in [-0.2, 0) is 19.2 Å². The van der Waals surface area contributed by atoms with Crippen molar-refractivity contribution in [2.24, 2.45) is 29.6 Å². The molecule has 2 aliphatic carbocycles. The fourth-order valence-corrected chi connectivity index (χ4v) is 6.53. The average molecular weight is 523 g/mol. The number of hydrogen-bond acceptors (Lipinski definition) is 5. The number of esters is 1. The molecule has 6 rings (SSSR count). The summed E-state index contributed by atoms with van der Waals surface area (Å²) in [6, 6.07) is 13.8. The van der Waals surface area contributed by atoms with E-state index < -0.39 is 11.9 Å². The molecule has 34 heavy (non-hydrogen) atoms. The van der Waals surface area contributed by atoms with Crippen LogP contribution in [-0.4, -0.2) is 30.2 Å². The van der Waals surface area contributed by atoms with Crippen molar-refractivity contribution in [3.63, 3.8) is 0 Å². The molecule has 2 heterocycles. The van der Waals surface area contributed by atoms with E-state index in [1.165, 1.54) is 4.90 Å². The molecule has 0 spiro atoms. The minimum Gasteiger partial charge on any atom is -0.426 e. The first-order chi connectivity index (χ1) is 16.4. The highest BCUT2D eigenvalue weighted by molar-refractivity contribution is 9.10. The fourth-order valence-electron chi connectivity index (χ4n) is 6.26. The van der Waals surface area contributed by atoms with Gasteiger partial charge in [0.2, 0.25) is 17.7 Å². The van der Waals surface area contributed by atoms with E-state index in [2.05, 4.69) is 15.9 Å². The molecule has 2 aromatic carbocycles. The lowest BCUT2D eigenvalue weighted by molar-refractivity contribution is -0.139. The van der Waals surface area contributed by atoms with Crippen molar-refractivity contribution in [1.82, 2.24) is 0 Å². The van der Waals surface area contributed by atoms with E-state index in [4.69, 9.17) is 4.74 Å². The number of imide groups is 1. The van der Waals surface area contributed by atoms with Crippen molar-refractivity contribution in [3.8, 4) is 5.75 Å². The van der Waals surface area contributed by atoms with Crippen LogP contribution in [0, 0.1) is 29.6 Å². The summed E-state index contributed by atoms with van der Waals surface area (Å²) in [6.07, 6.45) is 3.17. The van der Waals surface area contributed by atoms with Crippen LogP contribution in [0.3, 0.4) is 0 Å². The van der Waals surface area contributed by atoms with Gasteiger partial charge in [0.1, 0.15) is 5.75 Å². The van der Waals surface area contributed by atoms with Crippen LogP contribution in [0.5, 0.6) is 5.75 Å². The lowest BCUT2D eigenvalue weighted by atomic mass is 9.81. The summed E-state index contributed by atoms with van der Waals surface area (Å²) >= 11 is 3.38.